The number of halogens is 2. The Hall–Kier alpha value is -1.38. The average Bonchev–Trinajstić information content (AvgIpc) is 2.47. The van der Waals surface area contributed by atoms with E-state index in [0.717, 1.165) is 12.8 Å². The summed E-state index contributed by atoms with van der Waals surface area (Å²) >= 11 is 5.88. The van der Waals surface area contributed by atoms with Crippen molar-refractivity contribution in [3.05, 3.63) is 70.5 Å². The molecule has 1 nitrogen and oxygen atoms in total. The summed E-state index contributed by atoms with van der Waals surface area (Å²) in [7, 11) is 0. The summed E-state index contributed by atoms with van der Waals surface area (Å²) in [6.45, 7) is 2.62. The van der Waals surface area contributed by atoms with Crippen LogP contribution in [0.2, 0.25) is 5.02 Å². The molecule has 2 aromatic rings. The van der Waals surface area contributed by atoms with Crippen LogP contribution in [0.3, 0.4) is 0 Å². The molecule has 0 aromatic heterocycles. The van der Waals surface area contributed by atoms with Crippen LogP contribution in [0, 0.1) is 5.82 Å². The summed E-state index contributed by atoms with van der Waals surface area (Å²) < 4.78 is 13.6. The van der Waals surface area contributed by atoms with Crippen molar-refractivity contribution < 1.29 is 4.39 Å². The molecule has 0 heterocycles. The van der Waals surface area contributed by atoms with Gasteiger partial charge in [-0.2, -0.15) is 0 Å². The van der Waals surface area contributed by atoms with Crippen molar-refractivity contribution >= 4 is 11.6 Å². The van der Waals surface area contributed by atoms with E-state index in [0.29, 0.717) is 23.2 Å². The van der Waals surface area contributed by atoms with Crippen LogP contribution < -0.4 is 5.32 Å². The van der Waals surface area contributed by atoms with Gasteiger partial charge in [0.15, 0.2) is 0 Å². The van der Waals surface area contributed by atoms with E-state index >= 15 is 0 Å². The molecule has 0 aliphatic heterocycles. The van der Waals surface area contributed by atoms with E-state index in [1.807, 2.05) is 6.07 Å². The van der Waals surface area contributed by atoms with Crippen LogP contribution in [-0.2, 0) is 13.0 Å². The Labute approximate surface area is 124 Å². The van der Waals surface area contributed by atoms with Gasteiger partial charge in [0.05, 0.1) is 0 Å². The number of hydrogen-bond donors (Lipinski definition) is 1. The normalized spacial score (nSPS) is 12.3. The molecule has 0 saturated heterocycles. The van der Waals surface area contributed by atoms with Gasteiger partial charge in [-0.3, -0.25) is 0 Å². The zero-order chi connectivity index (χ0) is 14.4. The molecule has 0 saturated carbocycles. The second-order valence-corrected chi connectivity index (χ2v) is 5.48. The first-order valence-electron chi connectivity index (χ1n) is 6.86. The van der Waals surface area contributed by atoms with Gasteiger partial charge in [-0.1, -0.05) is 41.9 Å². The van der Waals surface area contributed by atoms with Gasteiger partial charge in [0.1, 0.15) is 5.82 Å². The monoisotopic (exact) mass is 291 g/mol. The Kier molecular flexibility index (Phi) is 5.57. The van der Waals surface area contributed by atoms with E-state index in [9.17, 15) is 4.39 Å². The molecule has 1 N–H and O–H groups in total. The van der Waals surface area contributed by atoms with Crippen LogP contribution in [0.1, 0.15) is 24.5 Å². The first-order chi connectivity index (χ1) is 9.65. The predicted molar refractivity (Wildman–Crippen MR) is 82.5 cm³/mol. The molecule has 0 radical (unpaired) electrons. The van der Waals surface area contributed by atoms with Gasteiger partial charge in [-0.05, 0) is 43.5 Å². The van der Waals surface area contributed by atoms with E-state index in [1.165, 1.54) is 11.6 Å². The van der Waals surface area contributed by atoms with E-state index in [2.05, 4.69) is 36.5 Å². The average molecular weight is 292 g/mol. The van der Waals surface area contributed by atoms with Crippen molar-refractivity contribution in [1.29, 1.82) is 0 Å². The SMILES string of the molecule is CC(CCc1ccccc1)NCc1cc(Cl)ccc1F. The molecule has 3 heteroatoms. The van der Waals surface area contributed by atoms with Crippen LogP contribution in [0.4, 0.5) is 4.39 Å². The van der Waals surface area contributed by atoms with Crippen LogP contribution >= 0.6 is 11.6 Å². The summed E-state index contributed by atoms with van der Waals surface area (Å²) in [5, 5.41) is 3.91. The number of nitrogens with one attached hydrogen (secondary N) is 1. The largest absolute Gasteiger partial charge is 0.310 e. The van der Waals surface area contributed by atoms with Crippen LogP contribution in [0.15, 0.2) is 48.5 Å². The Morgan fingerprint density at radius 1 is 1.15 bits per heavy atom. The molecule has 2 aromatic carbocycles. The van der Waals surface area contributed by atoms with Crippen molar-refractivity contribution in [1.82, 2.24) is 5.32 Å². The van der Waals surface area contributed by atoms with Gasteiger partial charge in [-0.15, -0.1) is 0 Å². The summed E-state index contributed by atoms with van der Waals surface area (Å²) in [5.74, 6) is -0.211. The van der Waals surface area contributed by atoms with E-state index in [-0.39, 0.29) is 5.82 Å². The van der Waals surface area contributed by atoms with Crippen LogP contribution in [0.5, 0.6) is 0 Å². The van der Waals surface area contributed by atoms with Crippen LogP contribution in [-0.4, -0.2) is 6.04 Å². The molecule has 20 heavy (non-hydrogen) atoms. The molecule has 0 fully saturated rings. The predicted octanol–water partition coefficient (Wildman–Crippen LogP) is 4.59. The van der Waals surface area contributed by atoms with E-state index < -0.39 is 0 Å². The molecule has 0 bridgehead atoms. The third-order valence-electron chi connectivity index (χ3n) is 3.36. The maximum absolute atomic E-state index is 13.6. The van der Waals surface area contributed by atoms with Crippen molar-refractivity contribution in [3.63, 3.8) is 0 Å². The first-order valence-corrected chi connectivity index (χ1v) is 7.24. The number of rotatable bonds is 6. The fourth-order valence-corrected chi connectivity index (χ4v) is 2.29. The Morgan fingerprint density at radius 2 is 1.90 bits per heavy atom. The van der Waals surface area contributed by atoms with Crippen molar-refractivity contribution in [3.8, 4) is 0 Å². The molecule has 2 rings (SSSR count). The minimum Gasteiger partial charge on any atom is -0.310 e. The lowest BCUT2D eigenvalue weighted by molar-refractivity contribution is 0.501. The zero-order valence-electron chi connectivity index (χ0n) is 11.6. The second kappa shape index (κ2) is 7.41. The van der Waals surface area contributed by atoms with Gasteiger partial charge in [0.2, 0.25) is 0 Å². The highest BCUT2D eigenvalue weighted by molar-refractivity contribution is 6.30. The van der Waals surface area contributed by atoms with Gasteiger partial charge >= 0.3 is 0 Å². The Bertz CT molecular complexity index is 542. The maximum Gasteiger partial charge on any atom is 0.127 e. The fourth-order valence-electron chi connectivity index (χ4n) is 2.09. The molecule has 0 aliphatic carbocycles. The van der Waals surface area contributed by atoms with E-state index in [1.54, 1.807) is 12.1 Å². The molecular weight excluding hydrogens is 273 g/mol. The molecule has 1 unspecified atom stereocenters. The minimum absolute atomic E-state index is 0.211. The van der Waals surface area contributed by atoms with Gasteiger partial charge in [-0.25, -0.2) is 4.39 Å². The first kappa shape index (κ1) is 15.0. The molecule has 0 amide bonds. The van der Waals surface area contributed by atoms with Crippen molar-refractivity contribution in [2.24, 2.45) is 0 Å². The summed E-state index contributed by atoms with van der Waals surface area (Å²) in [5.41, 5.74) is 1.94. The second-order valence-electron chi connectivity index (χ2n) is 5.04. The standard InChI is InChI=1S/C17H19ClFN/c1-13(7-8-14-5-3-2-4-6-14)20-12-15-11-16(18)9-10-17(15)19/h2-6,9-11,13,20H,7-8,12H2,1H3. The topological polar surface area (TPSA) is 12.0 Å². The van der Waals surface area contributed by atoms with Gasteiger partial charge in [0, 0.05) is 23.2 Å². The van der Waals surface area contributed by atoms with Crippen molar-refractivity contribution in [2.75, 3.05) is 0 Å². The lowest BCUT2D eigenvalue weighted by Crippen LogP contribution is -2.26. The fraction of sp³-hybridized carbons (Fsp3) is 0.294. The highest BCUT2D eigenvalue weighted by atomic mass is 35.5. The Morgan fingerprint density at radius 3 is 2.65 bits per heavy atom. The number of hydrogen-bond acceptors (Lipinski definition) is 1. The molecule has 106 valence electrons. The Balaban J connectivity index is 1.80. The molecule has 0 spiro atoms. The molecule has 1 atom stereocenters. The molecule has 0 aliphatic rings. The summed E-state index contributed by atoms with van der Waals surface area (Å²) in [6.07, 6.45) is 2.04. The highest BCUT2D eigenvalue weighted by Crippen LogP contribution is 2.15. The number of aryl methyl sites for hydroxylation is 1. The molecular formula is C17H19ClFN. The summed E-state index contributed by atoms with van der Waals surface area (Å²) in [6, 6.07) is 15.4. The van der Waals surface area contributed by atoms with Crippen LogP contribution in [0.25, 0.3) is 0 Å². The van der Waals surface area contributed by atoms with Crippen molar-refractivity contribution in [2.45, 2.75) is 32.4 Å². The minimum atomic E-state index is -0.211. The zero-order valence-corrected chi connectivity index (χ0v) is 12.3. The van der Waals surface area contributed by atoms with Gasteiger partial charge < -0.3 is 5.32 Å². The maximum atomic E-state index is 13.6. The van der Waals surface area contributed by atoms with Gasteiger partial charge in [0.25, 0.3) is 0 Å². The third kappa shape index (κ3) is 4.62. The third-order valence-corrected chi connectivity index (χ3v) is 3.59. The highest BCUT2D eigenvalue weighted by Gasteiger charge is 2.06. The smallest absolute Gasteiger partial charge is 0.127 e. The number of benzene rings is 2. The lowest BCUT2D eigenvalue weighted by atomic mass is 10.1. The summed E-state index contributed by atoms with van der Waals surface area (Å²) in [4.78, 5) is 0. The lowest BCUT2D eigenvalue weighted by Gasteiger charge is -2.14. The van der Waals surface area contributed by atoms with E-state index in [4.69, 9.17) is 11.6 Å². The quantitative estimate of drug-likeness (QED) is 0.821.